The molecule has 0 fully saturated rings. The highest BCUT2D eigenvalue weighted by atomic mass is 16.2. The second kappa shape index (κ2) is 4.83. The molecular weight excluding hydrogens is 232 g/mol. The molecule has 2 rings (SSSR count). The van der Waals surface area contributed by atoms with E-state index in [1.165, 1.54) is 18.2 Å². The molecule has 5 heteroatoms. The number of hydrogen-bond acceptors (Lipinski definition) is 3. The summed E-state index contributed by atoms with van der Waals surface area (Å²) in [6.45, 7) is 3.36. The van der Waals surface area contributed by atoms with Crippen molar-refractivity contribution in [2.75, 3.05) is 0 Å². The molecule has 0 atom stereocenters. The lowest BCUT2D eigenvalue weighted by Gasteiger charge is -2.21. The molecule has 1 aliphatic carbocycles. The summed E-state index contributed by atoms with van der Waals surface area (Å²) in [7, 11) is 0. The van der Waals surface area contributed by atoms with E-state index < -0.39 is 0 Å². The van der Waals surface area contributed by atoms with E-state index in [2.05, 4.69) is 11.9 Å². The van der Waals surface area contributed by atoms with Crippen LogP contribution in [0.25, 0.3) is 0 Å². The fourth-order valence-electron chi connectivity index (χ4n) is 1.81. The van der Waals surface area contributed by atoms with Crippen LogP contribution < -0.4 is 5.32 Å². The Balaban J connectivity index is 2.10. The zero-order valence-corrected chi connectivity index (χ0v) is 9.68. The molecule has 1 aliphatic heterocycles. The van der Waals surface area contributed by atoms with Crippen molar-refractivity contribution < 1.29 is 14.4 Å². The number of allylic oxidation sites excluding steroid dienone is 4. The highest BCUT2D eigenvalue weighted by Crippen LogP contribution is 2.22. The Kier molecular flexibility index (Phi) is 3.23. The van der Waals surface area contributed by atoms with Gasteiger partial charge in [0.05, 0.1) is 0 Å². The van der Waals surface area contributed by atoms with Crippen LogP contribution in [0.4, 0.5) is 0 Å². The number of hydrogen-bond donors (Lipinski definition) is 1. The van der Waals surface area contributed by atoms with E-state index in [1.807, 2.05) is 0 Å². The van der Waals surface area contributed by atoms with Gasteiger partial charge in [0.15, 0.2) is 0 Å². The van der Waals surface area contributed by atoms with Gasteiger partial charge in [-0.3, -0.25) is 14.4 Å². The molecule has 18 heavy (non-hydrogen) atoms. The summed E-state index contributed by atoms with van der Waals surface area (Å²) < 4.78 is 0. The molecule has 3 amide bonds. The van der Waals surface area contributed by atoms with Crippen LogP contribution in [0.3, 0.4) is 0 Å². The van der Waals surface area contributed by atoms with Crippen molar-refractivity contribution in [2.24, 2.45) is 0 Å². The molecule has 0 bridgehead atoms. The smallest absolute Gasteiger partial charge is 0.257 e. The van der Waals surface area contributed by atoms with E-state index >= 15 is 0 Å². The minimum atomic E-state index is -0.321. The lowest BCUT2D eigenvalue weighted by Crippen LogP contribution is -2.31. The zero-order valence-electron chi connectivity index (χ0n) is 9.68. The number of carbonyl (C=O) groups is 3. The van der Waals surface area contributed by atoms with Crippen molar-refractivity contribution in [3.8, 4) is 0 Å². The number of amides is 3. The van der Waals surface area contributed by atoms with Gasteiger partial charge in [0.25, 0.3) is 11.8 Å². The van der Waals surface area contributed by atoms with Crippen molar-refractivity contribution in [1.82, 2.24) is 10.2 Å². The van der Waals surface area contributed by atoms with Gasteiger partial charge in [0.1, 0.15) is 0 Å². The minimum Gasteiger partial charge on any atom is -0.326 e. The van der Waals surface area contributed by atoms with Crippen LogP contribution in [-0.2, 0) is 14.4 Å². The number of imide groups is 1. The molecule has 0 unspecified atom stereocenters. The largest absolute Gasteiger partial charge is 0.326 e. The SMILES string of the molecule is C=CC(=O)NC1=CC=C(N2C(=O)C=CC2=O)CC1. The van der Waals surface area contributed by atoms with Crippen molar-refractivity contribution in [1.29, 1.82) is 0 Å². The van der Waals surface area contributed by atoms with Gasteiger partial charge in [-0.25, -0.2) is 4.90 Å². The van der Waals surface area contributed by atoms with E-state index in [0.29, 0.717) is 18.5 Å². The fourth-order valence-corrected chi connectivity index (χ4v) is 1.81. The third kappa shape index (κ3) is 2.29. The summed E-state index contributed by atoms with van der Waals surface area (Å²) in [6.07, 6.45) is 8.16. The molecule has 2 aliphatic rings. The molecule has 0 saturated carbocycles. The summed E-state index contributed by atoms with van der Waals surface area (Å²) in [5.74, 6) is -0.912. The van der Waals surface area contributed by atoms with Crippen LogP contribution in [0.1, 0.15) is 12.8 Å². The Hall–Kier alpha value is -2.43. The van der Waals surface area contributed by atoms with Gasteiger partial charge < -0.3 is 5.32 Å². The first kappa shape index (κ1) is 12.0. The van der Waals surface area contributed by atoms with Crippen LogP contribution in [0.5, 0.6) is 0 Å². The van der Waals surface area contributed by atoms with Crippen molar-refractivity contribution in [3.63, 3.8) is 0 Å². The maximum atomic E-state index is 11.5. The van der Waals surface area contributed by atoms with Gasteiger partial charge in [-0.15, -0.1) is 0 Å². The summed E-state index contributed by atoms with van der Waals surface area (Å²) in [5, 5.41) is 2.66. The van der Waals surface area contributed by atoms with E-state index in [1.54, 1.807) is 12.2 Å². The first-order chi connectivity index (χ1) is 8.61. The molecule has 1 N–H and O–H groups in total. The molecular formula is C13H12N2O3. The van der Waals surface area contributed by atoms with Gasteiger partial charge in [-0.1, -0.05) is 6.58 Å². The Labute approximate surface area is 104 Å². The summed E-state index contributed by atoms with van der Waals surface area (Å²) in [5.41, 5.74) is 1.39. The zero-order chi connectivity index (χ0) is 13.1. The lowest BCUT2D eigenvalue weighted by atomic mass is 10.1. The first-order valence-corrected chi connectivity index (χ1v) is 5.51. The average molecular weight is 244 g/mol. The highest BCUT2D eigenvalue weighted by molar-refractivity contribution is 6.14. The van der Waals surface area contributed by atoms with Crippen LogP contribution in [0.15, 0.2) is 48.4 Å². The van der Waals surface area contributed by atoms with Crippen LogP contribution in [0.2, 0.25) is 0 Å². The van der Waals surface area contributed by atoms with Gasteiger partial charge in [0, 0.05) is 23.5 Å². The van der Waals surface area contributed by atoms with Gasteiger partial charge in [0.2, 0.25) is 5.91 Å². The molecule has 5 nitrogen and oxygen atoms in total. The minimum absolute atomic E-state index is 0.270. The summed E-state index contributed by atoms with van der Waals surface area (Å²) in [4.78, 5) is 35.2. The standard InChI is InChI=1S/C13H12N2O3/c1-2-11(16)14-9-3-5-10(6-4-9)15-12(17)7-8-13(15)18/h2-3,5,7-8H,1,4,6H2,(H,14,16). The predicted octanol–water partition coefficient (Wildman–Crippen LogP) is 0.775. The Morgan fingerprint density at radius 3 is 2.39 bits per heavy atom. The molecule has 0 spiro atoms. The number of carbonyl (C=O) groups excluding carboxylic acids is 3. The quantitative estimate of drug-likeness (QED) is 0.589. The van der Waals surface area contributed by atoms with Crippen LogP contribution in [0, 0.1) is 0 Å². The van der Waals surface area contributed by atoms with Gasteiger partial charge in [-0.2, -0.15) is 0 Å². The fraction of sp³-hybridized carbons (Fsp3) is 0.154. The summed E-state index contributed by atoms with van der Waals surface area (Å²) in [6, 6.07) is 0. The van der Waals surface area contributed by atoms with E-state index in [-0.39, 0.29) is 17.7 Å². The second-order valence-corrected chi connectivity index (χ2v) is 3.89. The third-order valence-corrected chi connectivity index (χ3v) is 2.69. The number of nitrogens with one attached hydrogen (secondary N) is 1. The molecule has 0 aromatic carbocycles. The Bertz CT molecular complexity index is 508. The predicted molar refractivity (Wildman–Crippen MR) is 64.7 cm³/mol. The maximum absolute atomic E-state index is 11.5. The second-order valence-electron chi connectivity index (χ2n) is 3.89. The van der Waals surface area contributed by atoms with Crippen molar-refractivity contribution in [3.05, 3.63) is 48.4 Å². The molecule has 0 radical (unpaired) electrons. The van der Waals surface area contributed by atoms with Crippen LogP contribution in [-0.4, -0.2) is 22.6 Å². The van der Waals surface area contributed by atoms with Gasteiger partial charge in [-0.05, 0) is 31.1 Å². The monoisotopic (exact) mass is 244 g/mol. The third-order valence-electron chi connectivity index (χ3n) is 2.69. The highest BCUT2D eigenvalue weighted by Gasteiger charge is 2.27. The molecule has 0 aromatic rings. The van der Waals surface area contributed by atoms with Crippen LogP contribution >= 0.6 is 0 Å². The number of nitrogens with zero attached hydrogens (tertiary/aromatic N) is 1. The first-order valence-electron chi connectivity index (χ1n) is 5.51. The van der Waals surface area contributed by atoms with Gasteiger partial charge >= 0.3 is 0 Å². The Morgan fingerprint density at radius 1 is 1.22 bits per heavy atom. The van der Waals surface area contributed by atoms with E-state index in [4.69, 9.17) is 0 Å². The molecule has 1 heterocycles. The van der Waals surface area contributed by atoms with E-state index in [0.717, 1.165) is 10.6 Å². The Morgan fingerprint density at radius 2 is 1.89 bits per heavy atom. The molecule has 0 saturated heterocycles. The summed E-state index contributed by atoms with van der Waals surface area (Å²) >= 11 is 0. The lowest BCUT2D eigenvalue weighted by molar-refractivity contribution is -0.134. The normalized spacial score (nSPS) is 18.6. The maximum Gasteiger partial charge on any atom is 0.257 e. The average Bonchev–Trinajstić information content (AvgIpc) is 2.70. The van der Waals surface area contributed by atoms with Crippen molar-refractivity contribution >= 4 is 17.7 Å². The topological polar surface area (TPSA) is 66.5 Å². The van der Waals surface area contributed by atoms with Crippen molar-refractivity contribution in [2.45, 2.75) is 12.8 Å². The number of rotatable bonds is 3. The molecule has 92 valence electrons. The van der Waals surface area contributed by atoms with E-state index in [9.17, 15) is 14.4 Å². The molecule has 0 aromatic heterocycles.